The van der Waals surface area contributed by atoms with Gasteiger partial charge in [-0.25, -0.2) is 0 Å². The third-order valence-electron chi connectivity index (χ3n) is 4.31. The number of benzene rings is 1. The number of amides is 1. The summed E-state index contributed by atoms with van der Waals surface area (Å²) in [7, 11) is 1.63. The number of methoxy groups -OCH3 is 1. The standard InChI is InChI=1S/C17H25NO3/c1-13(9-11-21-2)16(19)18-12-17(20)10-5-7-14-6-3-4-8-15(14)17/h3-4,6,8,13,20H,5,7,9-12H2,1-2H3,(H,18,19). The topological polar surface area (TPSA) is 58.6 Å². The van der Waals surface area contributed by atoms with Crippen molar-refractivity contribution in [3.63, 3.8) is 0 Å². The molecule has 2 N–H and O–H groups in total. The smallest absolute Gasteiger partial charge is 0.223 e. The van der Waals surface area contributed by atoms with E-state index in [0.717, 1.165) is 18.4 Å². The normalized spacial score (nSPS) is 22.4. The Kier molecular flexibility index (Phi) is 5.37. The highest BCUT2D eigenvalue weighted by atomic mass is 16.5. The molecule has 116 valence electrons. The van der Waals surface area contributed by atoms with Crippen LogP contribution in [-0.4, -0.2) is 31.3 Å². The summed E-state index contributed by atoms with van der Waals surface area (Å²) >= 11 is 0. The minimum atomic E-state index is -0.939. The molecule has 0 saturated carbocycles. The van der Waals surface area contributed by atoms with Crippen LogP contribution in [0.3, 0.4) is 0 Å². The summed E-state index contributed by atoms with van der Waals surface area (Å²) < 4.78 is 4.99. The van der Waals surface area contributed by atoms with E-state index in [1.54, 1.807) is 7.11 Å². The lowest BCUT2D eigenvalue weighted by Crippen LogP contribution is -2.44. The summed E-state index contributed by atoms with van der Waals surface area (Å²) in [4.78, 5) is 12.1. The summed E-state index contributed by atoms with van der Waals surface area (Å²) in [5.74, 6) is -0.129. The number of nitrogens with one attached hydrogen (secondary N) is 1. The molecule has 0 spiro atoms. The van der Waals surface area contributed by atoms with Gasteiger partial charge in [-0.1, -0.05) is 31.2 Å². The molecule has 0 fully saturated rings. The van der Waals surface area contributed by atoms with E-state index >= 15 is 0 Å². The van der Waals surface area contributed by atoms with Crippen molar-refractivity contribution in [2.24, 2.45) is 5.92 Å². The van der Waals surface area contributed by atoms with Crippen molar-refractivity contribution < 1.29 is 14.6 Å². The summed E-state index contributed by atoms with van der Waals surface area (Å²) in [6.45, 7) is 2.73. The molecule has 4 nitrogen and oxygen atoms in total. The van der Waals surface area contributed by atoms with Crippen LogP contribution in [0.5, 0.6) is 0 Å². The number of ether oxygens (including phenoxy) is 1. The van der Waals surface area contributed by atoms with Crippen molar-refractivity contribution in [2.75, 3.05) is 20.3 Å². The first-order chi connectivity index (χ1) is 10.1. The zero-order chi connectivity index (χ0) is 15.3. The average molecular weight is 291 g/mol. The maximum atomic E-state index is 12.1. The van der Waals surface area contributed by atoms with Crippen molar-refractivity contribution in [2.45, 2.75) is 38.2 Å². The molecule has 21 heavy (non-hydrogen) atoms. The van der Waals surface area contributed by atoms with Crippen LogP contribution in [0.4, 0.5) is 0 Å². The Balaban J connectivity index is 1.98. The number of aryl methyl sites for hydroxylation is 1. The van der Waals surface area contributed by atoms with Gasteiger partial charge in [0.1, 0.15) is 5.60 Å². The van der Waals surface area contributed by atoms with Gasteiger partial charge in [-0.3, -0.25) is 4.79 Å². The first-order valence-electron chi connectivity index (χ1n) is 7.64. The van der Waals surface area contributed by atoms with Gasteiger partial charge in [0.2, 0.25) is 5.91 Å². The minimum absolute atomic E-state index is 0.0245. The van der Waals surface area contributed by atoms with Crippen molar-refractivity contribution in [1.82, 2.24) is 5.32 Å². The summed E-state index contributed by atoms with van der Waals surface area (Å²) in [5, 5.41) is 13.8. The Morgan fingerprint density at radius 2 is 2.24 bits per heavy atom. The predicted molar refractivity (Wildman–Crippen MR) is 81.9 cm³/mol. The van der Waals surface area contributed by atoms with E-state index in [0.29, 0.717) is 19.4 Å². The number of fused-ring (bicyclic) bond motifs is 1. The van der Waals surface area contributed by atoms with E-state index in [1.807, 2.05) is 25.1 Å². The molecule has 2 unspecified atom stereocenters. The second kappa shape index (κ2) is 7.05. The quantitative estimate of drug-likeness (QED) is 0.843. The van der Waals surface area contributed by atoms with Crippen LogP contribution in [0.15, 0.2) is 24.3 Å². The second-order valence-corrected chi connectivity index (χ2v) is 5.94. The molecule has 0 bridgehead atoms. The largest absolute Gasteiger partial charge is 0.385 e. The maximum Gasteiger partial charge on any atom is 0.223 e. The van der Waals surface area contributed by atoms with Crippen LogP contribution in [0.25, 0.3) is 0 Å². The fourth-order valence-corrected chi connectivity index (χ4v) is 2.92. The fourth-order valence-electron chi connectivity index (χ4n) is 2.92. The summed E-state index contributed by atoms with van der Waals surface area (Å²) in [6, 6.07) is 7.96. The Hall–Kier alpha value is -1.39. The van der Waals surface area contributed by atoms with Crippen LogP contribution >= 0.6 is 0 Å². The number of rotatable bonds is 6. The van der Waals surface area contributed by atoms with Crippen molar-refractivity contribution in [3.8, 4) is 0 Å². The Bertz CT molecular complexity index is 489. The van der Waals surface area contributed by atoms with Gasteiger partial charge in [-0.2, -0.15) is 0 Å². The van der Waals surface area contributed by atoms with E-state index in [-0.39, 0.29) is 18.4 Å². The van der Waals surface area contributed by atoms with E-state index in [4.69, 9.17) is 4.74 Å². The lowest BCUT2D eigenvalue weighted by atomic mass is 9.79. The molecule has 0 heterocycles. The lowest BCUT2D eigenvalue weighted by Gasteiger charge is -2.35. The lowest BCUT2D eigenvalue weighted by molar-refractivity contribution is -0.126. The van der Waals surface area contributed by atoms with Gasteiger partial charge < -0.3 is 15.2 Å². The van der Waals surface area contributed by atoms with Gasteiger partial charge in [0.25, 0.3) is 0 Å². The highest BCUT2D eigenvalue weighted by Crippen LogP contribution is 2.34. The fraction of sp³-hybridized carbons (Fsp3) is 0.588. The van der Waals surface area contributed by atoms with Gasteiger partial charge in [0, 0.05) is 19.6 Å². The van der Waals surface area contributed by atoms with E-state index in [2.05, 4.69) is 11.4 Å². The molecule has 1 amide bonds. The van der Waals surface area contributed by atoms with Crippen molar-refractivity contribution >= 4 is 5.91 Å². The van der Waals surface area contributed by atoms with Gasteiger partial charge in [0.15, 0.2) is 0 Å². The third kappa shape index (κ3) is 3.83. The number of carbonyl (C=O) groups excluding carboxylic acids is 1. The van der Waals surface area contributed by atoms with Gasteiger partial charge in [0.05, 0.1) is 6.54 Å². The molecule has 1 aliphatic rings. The van der Waals surface area contributed by atoms with Gasteiger partial charge >= 0.3 is 0 Å². The number of aliphatic hydroxyl groups is 1. The molecular weight excluding hydrogens is 266 g/mol. The molecule has 2 atom stereocenters. The summed E-state index contributed by atoms with van der Waals surface area (Å²) in [6.07, 6.45) is 3.33. The molecule has 0 aliphatic heterocycles. The van der Waals surface area contributed by atoms with E-state index < -0.39 is 5.60 Å². The zero-order valence-corrected chi connectivity index (χ0v) is 12.9. The zero-order valence-electron chi connectivity index (χ0n) is 12.9. The Morgan fingerprint density at radius 1 is 1.48 bits per heavy atom. The maximum absolute atomic E-state index is 12.1. The molecule has 1 aromatic carbocycles. The minimum Gasteiger partial charge on any atom is -0.385 e. The molecule has 4 heteroatoms. The summed E-state index contributed by atoms with van der Waals surface area (Å²) in [5.41, 5.74) is 1.21. The first kappa shape index (κ1) is 16.0. The molecule has 0 saturated heterocycles. The Morgan fingerprint density at radius 3 is 3.00 bits per heavy atom. The van der Waals surface area contributed by atoms with Crippen LogP contribution < -0.4 is 5.32 Å². The van der Waals surface area contributed by atoms with Gasteiger partial charge in [-0.05, 0) is 36.8 Å². The van der Waals surface area contributed by atoms with Crippen LogP contribution in [-0.2, 0) is 21.6 Å². The predicted octanol–water partition coefficient (Wildman–Crippen LogP) is 2.00. The molecule has 1 aliphatic carbocycles. The monoisotopic (exact) mass is 291 g/mol. The average Bonchev–Trinajstić information content (AvgIpc) is 2.51. The van der Waals surface area contributed by atoms with E-state index in [1.165, 1.54) is 5.56 Å². The first-order valence-corrected chi connectivity index (χ1v) is 7.64. The van der Waals surface area contributed by atoms with Crippen LogP contribution in [0.2, 0.25) is 0 Å². The highest BCUT2D eigenvalue weighted by Gasteiger charge is 2.34. The second-order valence-electron chi connectivity index (χ2n) is 5.94. The molecular formula is C17H25NO3. The highest BCUT2D eigenvalue weighted by molar-refractivity contribution is 5.78. The number of hydrogen-bond donors (Lipinski definition) is 2. The number of hydrogen-bond acceptors (Lipinski definition) is 3. The van der Waals surface area contributed by atoms with Crippen LogP contribution in [0, 0.1) is 5.92 Å². The Labute approximate surface area is 126 Å². The number of carbonyl (C=O) groups is 1. The third-order valence-corrected chi connectivity index (χ3v) is 4.31. The SMILES string of the molecule is COCCC(C)C(=O)NCC1(O)CCCc2ccccc21. The van der Waals surface area contributed by atoms with Crippen molar-refractivity contribution in [3.05, 3.63) is 35.4 Å². The van der Waals surface area contributed by atoms with Crippen molar-refractivity contribution in [1.29, 1.82) is 0 Å². The molecule has 1 aromatic rings. The molecule has 2 rings (SSSR count). The van der Waals surface area contributed by atoms with Crippen LogP contribution in [0.1, 0.15) is 37.3 Å². The molecule has 0 aromatic heterocycles. The molecule has 0 radical (unpaired) electrons. The van der Waals surface area contributed by atoms with E-state index in [9.17, 15) is 9.90 Å². The van der Waals surface area contributed by atoms with Gasteiger partial charge in [-0.15, -0.1) is 0 Å².